The van der Waals surface area contributed by atoms with Gasteiger partial charge in [-0.1, -0.05) is 29.8 Å². The highest BCUT2D eigenvalue weighted by Crippen LogP contribution is 2.36. The summed E-state index contributed by atoms with van der Waals surface area (Å²) in [6.07, 6.45) is -6.72. The summed E-state index contributed by atoms with van der Waals surface area (Å²) in [6.45, 7) is 0. The summed E-state index contributed by atoms with van der Waals surface area (Å²) in [5, 5.41) is 18.5. The van der Waals surface area contributed by atoms with Crippen molar-refractivity contribution in [2.75, 3.05) is 0 Å². The molecule has 0 radical (unpaired) electrons. The minimum absolute atomic E-state index is 0.0539. The van der Waals surface area contributed by atoms with Crippen molar-refractivity contribution in [3.05, 3.63) is 53.1 Å². The molecule has 0 aliphatic heterocycles. The van der Waals surface area contributed by atoms with Crippen LogP contribution in [0, 0.1) is 0 Å². The lowest BCUT2D eigenvalue weighted by molar-refractivity contribution is -0.274. The molecular formula is C15H10ClF3O4. The highest BCUT2D eigenvalue weighted by molar-refractivity contribution is 6.31. The maximum Gasteiger partial charge on any atom is 0.573 e. The van der Waals surface area contributed by atoms with Gasteiger partial charge in [0.2, 0.25) is 0 Å². The molecule has 122 valence electrons. The van der Waals surface area contributed by atoms with E-state index < -0.39 is 24.2 Å². The van der Waals surface area contributed by atoms with Gasteiger partial charge in [0.05, 0.1) is 0 Å². The van der Waals surface area contributed by atoms with Gasteiger partial charge in [-0.3, -0.25) is 0 Å². The van der Waals surface area contributed by atoms with Gasteiger partial charge in [0.1, 0.15) is 5.75 Å². The van der Waals surface area contributed by atoms with Crippen LogP contribution in [-0.2, 0) is 4.79 Å². The highest BCUT2D eigenvalue weighted by atomic mass is 35.5. The first-order valence-electron chi connectivity index (χ1n) is 6.24. The van der Waals surface area contributed by atoms with Gasteiger partial charge in [-0.05, 0) is 35.4 Å². The fourth-order valence-electron chi connectivity index (χ4n) is 1.99. The lowest BCUT2D eigenvalue weighted by Gasteiger charge is -2.15. The predicted octanol–water partition coefficient (Wildman–Crippen LogP) is 4.02. The summed E-state index contributed by atoms with van der Waals surface area (Å²) < 4.78 is 41.3. The van der Waals surface area contributed by atoms with Crippen molar-refractivity contribution in [3.63, 3.8) is 0 Å². The number of benzene rings is 2. The van der Waals surface area contributed by atoms with Gasteiger partial charge in [-0.25, -0.2) is 4.79 Å². The van der Waals surface area contributed by atoms with E-state index in [9.17, 15) is 23.1 Å². The number of aliphatic hydroxyl groups is 1. The highest BCUT2D eigenvalue weighted by Gasteiger charge is 2.32. The monoisotopic (exact) mass is 346 g/mol. The first-order valence-corrected chi connectivity index (χ1v) is 6.61. The molecule has 1 unspecified atom stereocenters. The normalized spacial score (nSPS) is 12.7. The number of ether oxygens (including phenoxy) is 1. The van der Waals surface area contributed by atoms with Crippen LogP contribution in [0.3, 0.4) is 0 Å². The van der Waals surface area contributed by atoms with Crippen molar-refractivity contribution >= 4 is 17.6 Å². The number of aliphatic hydroxyl groups excluding tert-OH is 1. The molecule has 1 atom stereocenters. The maximum atomic E-state index is 12.5. The average molecular weight is 347 g/mol. The van der Waals surface area contributed by atoms with Crippen LogP contribution in [0.15, 0.2) is 42.5 Å². The predicted molar refractivity (Wildman–Crippen MR) is 76.2 cm³/mol. The Bertz CT molecular complexity index is 731. The van der Waals surface area contributed by atoms with Crippen LogP contribution in [0.2, 0.25) is 5.02 Å². The molecule has 0 amide bonds. The minimum Gasteiger partial charge on any atom is -0.479 e. The number of hydrogen-bond acceptors (Lipinski definition) is 3. The van der Waals surface area contributed by atoms with E-state index >= 15 is 0 Å². The topological polar surface area (TPSA) is 66.8 Å². The van der Waals surface area contributed by atoms with Gasteiger partial charge in [-0.15, -0.1) is 13.2 Å². The molecular weight excluding hydrogens is 337 g/mol. The molecule has 0 heterocycles. The lowest BCUT2D eigenvalue weighted by Crippen LogP contribution is -2.17. The Morgan fingerprint density at radius 1 is 1.17 bits per heavy atom. The molecule has 4 nitrogen and oxygen atoms in total. The standard InChI is InChI=1S/C15H10ClF3O4/c16-10-6-8(5-9(7-10)13(20)14(21)22)11-3-1-2-4-12(11)23-15(17,18)19/h1-7,13,20H,(H,21,22). The Hall–Kier alpha value is -2.25. The van der Waals surface area contributed by atoms with Gasteiger partial charge < -0.3 is 14.9 Å². The van der Waals surface area contributed by atoms with E-state index in [-0.39, 0.29) is 21.7 Å². The summed E-state index contributed by atoms with van der Waals surface area (Å²) in [5.74, 6) is -1.96. The molecule has 23 heavy (non-hydrogen) atoms. The van der Waals surface area contributed by atoms with Crippen molar-refractivity contribution in [2.24, 2.45) is 0 Å². The second-order valence-electron chi connectivity index (χ2n) is 4.56. The van der Waals surface area contributed by atoms with Crippen LogP contribution < -0.4 is 4.74 Å². The minimum atomic E-state index is -4.88. The number of halogens is 4. The third-order valence-electron chi connectivity index (χ3n) is 2.89. The van der Waals surface area contributed by atoms with Crippen LogP contribution in [0.5, 0.6) is 5.75 Å². The Morgan fingerprint density at radius 3 is 2.43 bits per heavy atom. The van der Waals surface area contributed by atoms with E-state index in [0.29, 0.717) is 0 Å². The summed E-state index contributed by atoms with van der Waals surface area (Å²) in [5.41, 5.74) is 0.195. The van der Waals surface area contributed by atoms with Crippen molar-refractivity contribution < 1.29 is 32.9 Å². The summed E-state index contributed by atoms with van der Waals surface area (Å²) in [6, 6.07) is 9.15. The Balaban J connectivity index is 2.53. The van der Waals surface area contributed by atoms with E-state index in [2.05, 4.69) is 4.74 Å². The molecule has 0 saturated heterocycles. The number of carboxylic acids is 1. The molecule has 2 N–H and O–H groups in total. The smallest absolute Gasteiger partial charge is 0.479 e. The summed E-state index contributed by atoms with van der Waals surface area (Å²) in [4.78, 5) is 10.8. The average Bonchev–Trinajstić information content (AvgIpc) is 2.44. The van der Waals surface area contributed by atoms with Crippen LogP contribution in [0.25, 0.3) is 11.1 Å². The Morgan fingerprint density at radius 2 is 1.83 bits per heavy atom. The number of hydrogen-bond donors (Lipinski definition) is 2. The molecule has 0 aliphatic carbocycles. The first kappa shape index (κ1) is 17.1. The van der Waals surface area contributed by atoms with Crippen LogP contribution >= 0.6 is 11.6 Å². The number of aliphatic carboxylic acids is 1. The summed E-state index contributed by atoms with van der Waals surface area (Å²) in [7, 11) is 0. The van der Waals surface area contributed by atoms with Gasteiger partial charge in [-0.2, -0.15) is 0 Å². The molecule has 2 aromatic rings. The molecule has 0 aliphatic rings. The fourth-order valence-corrected chi connectivity index (χ4v) is 2.23. The quantitative estimate of drug-likeness (QED) is 0.877. The van der Waals surface area contributed by atoms with E-state index in [1.54, 1.807) is 0 Å². The van der Waals surface area contributed by atoms with Crippen molar-refractivity contribution in [1.82, 2.24) is 0 Å². The molecule has 2 rings (SSSR count). The van der Waals surface area contributed by atoms with Gasteiger partial charge >= 0.3 is 12.3 Å². The van der Waals surface area contributed by atoms with Crippen LogP contribution in [-0.4, -0.2) is 22.5 Å². The van der Waals surface area contributed by atoms with Gasteiger partial charge in [0, 0.05) is 10.6 Å². The fraction of sp³-hybridized carbons (Fsp3) is 0.133. The molecule has 0 fully saturated rings. The second-order valence-corrected chi connectivity index (χ2v) is 4.99. The number of rotatable bonds is 4. The Kier molecular flexibility index (Phi) is 4.82. The van der Waals surface area contributed by atoms with Crippen molar-refractivity contribution in [3.8, 4) is 16.9 Å². The second kappa shape index (κ2) is 6.47. The number of carboxylic acid groups (broad SMARTS) is 1. The van der Waals surface area contributed by atoms with Crippen LogP contribution in [0.4, 0.5) is 13.2 Å². The maximum absolute atomic E-state index is 12.5. The Labute approximate surface area is 133 Å². The largest absolute Gasteiger partial charge is 0.573 e. The van der Waals surface area contributed by atoms with E-state index in [1.165, 1.54) is 36.4 Å². The van der Waals surface area contributed by atoms with Crippen molar-refractivity contribution in [1.29, 1.82) is 0 Å². The van der Waals surface area contributed by atoms with E-state index in [0.717, 1.165) is 6.07 Å². The van der Waals surface area contributed by atoms with Crippen molar-refractivity contribution in [2.45, 2.75) is 12.5 Å². The number of alkyl halides is 3. The molecule has 0 spiro atoms. The number of carbonyl (C=O) groups is 1. The summed E-state index contributed by atoms with van der Waals surface area (Å²) >= 11 is 5.87. The van der Waals surface area contributed by atoms with Crippen LogP contribution in [0.1, 0.15) is 11.7 Å². The first-order chi connectivity index (χ1) is 10.7. The molecule has 0 aromatic heterocycles. The van der Waals surface area contributed by atoms with E-state index in [1.807, 2.05) is 0 Å². The van der Waals surface area contributed by atoms with E-state index in [4.69, 9.17) is 16.7 Å². The lowest BCUT2D eigenvalue weighted by atomic mass is 10.00. The molecule has 8 heteroatoms. The van der Waals surface area contributed by atoms with Gasteiger partial charge in [0.25, 0.3) is 0 Å². The number of para-hydroxylation sites is 1. The molecule has 0 bridgehead atoms. The zero-order valence-electron chi connectivity index (χ0n) is 11.3. The zero-order chi connectivity index (χ0) is 17.2. The molecule has 0 saturated carbocycles. The third kappa shape index (κ3) is 4.37. The van der Waals surface area contributed by atoms with Gasteiger partial charge in [0.15, 0.2) is 6.10 Å². The molecule has 2 aromatic carbocycles. The zero-order valence-corrected chi connectivity index (χ0v) is 12.1. The third-order valence-corrected chi connectivity index (χ3v) is 3.11. The SMILES string of the molecule is O=C(O)C(O)c1cc(Cl)cc(-c2ccccc2OC(F)(F)F)c1.